The van der Waals surface area contributed by atoms with Gasteiger partial charge >= 0.3 is 0 Å². The van der Waals surface area contributed by atoms with Gasteiger partial charge in [-0.1, -0.05) is 38.9 Å². The van der Waals surface area contributed by atoms with Crippen LogP contribution in [0.25, 0.3) is 0 Å². The third-order valence-electron chi connectivity index (χ3n) is 1.18. The molecule has 0 bridgehead atoms. The first-order valence-electron chi connectivity index (χ1n) is 3.03. The zero-order valence-corrected chi connectivity index (χ0v) is 6.44. The van der Waals surface area contributed by atoms with Crippen LogP contribution in [-0.2, 0) is 6.16 Å². The van der Waals surface area contributed by atoms with Crippen molar-refractivity contribution in [3.05, 3.63) is 35.9 Å². The van der Waals surface area contributed by atoms with Crippen molar-refractivity contribution >= 4 is 8.58 Å². The molecule has 0 aliphatic heterocycles. The number of benzene rings is 1. The summed E-state index contributed by atoms with van der Waals surface area (Å²) in [5, 5.41) is 0. The maximum atomic E-state index is 2.17. The van der Waals surface area contributed by atoms with Gasteiger partial charge in [0.05, 0.1) is 0 Å². The normalized spacial score (nSPS) is 10.8. The Hall–Kier alpha value is -0.350. The van der Waals surface area contributed by atoms with E-state index in [-0.39, 0.29) is 0 Å². The van der Waals surface area contributed by atoms with Crippen molar-refractivity contribution < 1.29 is 0 Å². The Bertz CT molecular complexity index is 157. The summed E-state index contributed by atoms with van der Waals surface area (Å²) in [5.41, 5.74) is 1.43. The molecule has 0 saturated heterocycles. The molecule has 0 heterocycles. The standard InChI is InChI=1S/C8H10P/c1-9-7-8-5-3-2-4-6-8/h2-6H,7H2,1H3. The van der Waals surface area contributed by atoms with Gasteiger partial charge in [-0.15, -0.1) is 0 Å². The van der Waals surface area contributed by atoms with E-state index in [1.54, 1.807) is 0 Å². The minimum absolute atomic E-state index is 1.18. The second-order valence-corrected chi connectivity index (χ2v) is 2.91. The van der Waals surface area contributed by atoms with Crippen LogP contribution < -0.4 is 0 Å². The number of hydrogen-bond donors (Lipinski definition) is 0. The molecule has 0 atom stereocenters. The van der Waals surface area contributed by atoms with E-state index in [1.807, 2.05) is 0 Å². The quantitative estimate of drug-likeness (QED) is 0.550. The molecule has 0 aromatic heterocycles. The topological polar surface area (TPSA) is 0 Å². The van der Waals surface area contributed by atoms with Gasteiger partial charge in [-0.3, -0.25) is 0 Å². The van der Waals surface area contributed by atoms with E-state index < -0.39 is 0 Å². The molecular weight excluding hydrogens is 127 g/mol. The summed E-state index contributed by atoms with van der Waals surface area (Å²) in [5.74, 6) is 0. The summed E-state index contributed by atoms with van der Waals surface area (Å²) < 4.78 is 0. The van der Waals surface area contributed by atoms with E-state index >= 15 is 0 Å². The Balaban J connectivity index is 2.61. The molecule has 0 spiro atoms. The van der Waals surface area contributed by atoms with Crippen LogP contribution in [0.3, 0.4) is 0 Å². The second kappa shape index (κ2) is 3.63. The summed E-state index contributed by atoms with van der Waals surface area (Å²) in [6.07, 6.45) is 1.18. The van der Waals surface area contributed by atoms with Gasteiger partial charge in [-0.2, -0.15) is 0 Å². The van der Waals surface area contributed by atoms with Crippen molar-refractivity contribution in [3.8, 4) is 0 Å². The molecule has 47 valence electrons. The molecule has 0 unspecified atom stereocenters. The minimum Gasteiger partial charge on any atom is -0.0796 e. The molecule has 1 rings (SSSR count). The molecule has 0 N–H and O–H groups in total. The van der Waals surface area contributed by atoms with Crippen LogP contribution in [0.5, 0.6) is 0 Å². The molecule has 1 radical (unpaired) electrons. The fourth-order valence-corrected chi connectivity index (χ4v) is 1.34. The highest BCUT2D eigenvalue weighted by Crippen LogP contribution is 2.12. The minimum atomic E-state index is 1.18. The van der Waals surface area contributed by atoms with E-state index in [0.717, 1.165) is 0 Å². The van der Waals surface area contributed by atoms with Crippen molar-refractivity contribution in [2.75, 3.05) is 6.66 Å². The van der Waals surface area contributed by atoms with Crippen molar-refractivity contribution in [2.24, 2.45) is 0 Å². The van der Waals surface area contributed by atoms with Gasteiger partial charge in [0.2, 0.25) is 0 Å². The van der Waals surface area contributed by atoms with Crippen LogP contribution in [0.4, 0.5) is 0 Å². The van der Waals surface area contributed by atoms with Crippen LogP contribution in [0.1, 0.15) is 5.56 Å². The highest BCUT2D eigenvalue weighted by Gasteiger charge is 1.84. The number of rotatable bonds is 2. The number of hydrogen-bond acceptors (Lipinski definition) is 0. The summed E-state index contributed by atoms with van der Waals surface area (Å²) in [6.45, 7) is 2.17. The van der Waals surface area contributed by atoms with Gasteiger partial charge in [-0.05, 0) is 18.4 Å². The van der Waals surface area contributed by atoms with E-state index in [2.05, 4.69) is 37.0 Å². The van der Waals surface area contributed by atoms with Crippen LogP contribution in [0, 0.1) is 0 Å². The highest BCUT2D eigenvalue weighted by molar-refractivity contribution is 7.36. The molecule has 0 fully saturated rings. The molecule has 1 aromatic carbocycles. The Morgan fingerprint density at radius 1 is 1.22 bits per heavy atom. The fraction of sp³-hybridized carbons (Fsp3) is 0.250. The van der Waals surface area contributed by atoms with Gasteiger partial charge in [-0.25, -0.2) is 0 Å². The molecule has 0 aliphatic rings. The lowest BCUT2D eigenvalue weighted by molar-refractivity contribution is 1.41. The predicted molar refractivity (Wildman–Crippen MR) is 43.0 cm³/mol. The molecule has 1 aromatic rings. The molecule has 0 saturated carbocycles. The summed E-state index contributed by atoms with van der Waals surface area (Å²) >= 11 is 0. The third kappa shape index (κ3) is 2.15. The lowest BCUT2D eigenvalue weighted by Crippen LogP contribution is -1.73. The third-order valence-corrected chi connectivity index (χ3v) is 1.86. The zero-order chi connectivity index (χ0) is 6.53. The van der Waals surface area contributed by atoms with Gasteiger partial charge in [0.15, 0.2) is 0 Å². The van der Waals surface area contributed by atoms with Crippen LogP contribution in [-0.4, -0.2) is 6.66 Å². The van der Waals surface area contributed by atoms with Gasteiger partial charge in [0.1, 0.15) is 0 Å². The molecule has 0 aliphatic carbocycles. The maximum Gasteiger partial charge on any atom is -0.00368 e. The van der Waals surface area contributed by atoms with E-state index in [9.17, 15) is 0 Å². The van der Waals surface area contributed by atoms with E-state index in [0.29, 0.717) is 0 Å². The first-order valence-corrected chi connectivity index (χ1v) is 4.55. The van der Waals surface area contributed by atoms with E-state index in [1.165, 1.54) is 20.3 Å². The average Bonchev–Trinajstić information content (AvgIpc) is 1.91. The van der Waals surface area contributed by atoms with Gasteiger partial charge in [0, 0.05) is 0 Å². The highest BCUT2D eigenvalue weighted by atomic mass is 31.1. The monoisotopic (exact) mass is 137 g/mol. The molecule has 9 heavy (non-hydrogen) atoms. The molecule has 1 heteroatoms. The molecular formula is C8H10P. The lowest BCUT2D eigenvalue weighted by atomic mass is 10.2. The Kier molecular flexibility index (Phi) is 2.73. The van der Waals surface area contributed by atoms with Crippen molar-refractivity contribution in [1.29, 1.82) is 0 Å². The van der Waals surface area contributed by atoms with Crippen molar-refractivity contribution in [2.45, 2.75) is 6.16 Å². The van der Waals surface area contributed by atoms with Crippen molar-refractivity contribution in [1.82, 2.24) is 0 Å². The summed E-state index contributed by atoms with van der Waals surface area (Å²) in [6, 6.07) is 10.5. The van der Waals surface area contributed by atoms with Crippen LogP contribution in [0.2, 0.25) is 0 Å². The first kappa shape index (κ1) is 6.77. The Morgan fingerprint density at radius 2 is 1.89 bits per heavy atom. The molecule has 0 amide bonds. The smallest absolute Gasteiger partial charge is 0.00368 e. The van der Waals surface area contributed by atoms with Gasteiger partial charge in [0.25, 0.3) is 0 Å². The van der Waals surface area contributed by atoms with Gasteiger partial charge < -0.3 is 0 Å². The fourth-order valence-electron chi connectivity index (χ4n) is 0.766. The second-order valence-electron chi connectivity index (χ2n) is 1.96. The molecule has 0 nitrogen and oxygen atoms in total. The summed E-state index contributed by atoms with van der Waals surface area (Å²) in [4.78, 5) is 0. The maximum absolute atomic E-state index is 2.17. The lowest BCUT2D eigenvalue weighted by Gasteiger charge is -1.93. The Morgan fingerprint density at radius 3 is 2.44 bits per heavy atom. The Labute approximate surface area is 58.1 Å². The largest absolute Gasteiger partial charge is 0.0796 e. The van der Waals surface area contributed by atoms with Crippen LogP contribution in [0.15, 0.2) is 30.3 Å². The van der Waals surface area contributed by atoms with E-state index in [4.69, 9.17) is 0 Å². The van der Waals surface area contributed by atoms with Crippen LogP contribution >= 0.6 is 8.58 Å². The summed E-state index contributed by atoms with van der Waals surface area (Å²) in [7, 11) is 1.44. The predicted octanol–water partition coefficient (Wildman–Crippen LogP) is 2.76. The van der Waals surface area contributed by atoms with Crippen molar-refractivity contribution in [3.63, 3.8) is 0 Å². The first-order chi connectivity index (χ1) is 4.43. The zero-order valence-electron chi connectivity index (χ0n) is 5.54. The SMILES string of the molecule is C[P]Cc1ccccc1. The average molecular weight is 137 g/mol.